The molecule has 1 atom stereocenters. The van der Waals surface area contributed by atoms with Crippen LogP contribution in [0.5, 0.6) is 0 Å². The summed E-state index contributed by atoms with van der Waals surface area (Å²) < 4.78 is 0.969. The lowest BCUT2D eigenvalue weighted by atomic mass is 9.91. The number of halogens is 1. The predicted octanol–water partition coefficient (Wildman–Crippen LogP) is 3.29. The molecule has 0 aliphatic rings. The molecule has 0 amide bonds. The van der Waals surface area contributed by atoms with E-state index in [2.05, 4.69) is 20.9 Å². The maximum atomic E-state index is 10.5. The minimum atomic E-state index is -0.905. The van der Waals surface area contributed by atoms with Crippen LogP contribution in [-0.2, 0) is 12.0 Å². The number of aromatic nitrogens is 1. The molecule has 1 aromatic heterocycles. The highest BCUT2D eigenvalue weighted by Gasteiger charge is 2.24. The van der Waals surface area contributed by atoms with Crippen LogP contribution in [0.4, 0.5) is 0 Å². The Morgan fingerprint density at radius 2 is 2.06 bits per heavy atom. The van der Waals surface area contributed by atoms with Gasteiger partial charge in [0, 0.05) is 22.8 Å². The summed E-state index contributed by atoms with van der Waals surface area (Å²) in [7, 11) is 0. The summed E-state index contributed by atoms with van der Waals surface area (Å²) in [6, 6.07) is 13.5. The Morgan fingerprint density at radius 3 is 2.71 bits per heavy atom. The second kappa shape index (κ2) is 4.98. The van der Waals surface area contributed by atoms with Crippen molar-refractivity contribution in [1.82, 2.24) is 4.98 Å². The maximum Gasteiger partial charge on any atom is 0.0924 e. The van der Waals surface area contributed by atoms with Crippen LogP contribution < -0.4 is 0 Å². The first-order valence-electron chi connectivity index (χ1n) is 5.46. The van der Waals surface area contributed by atoms with Crippen molar-refractivity contribution in [3.8, 4) is 0 Å². The van der Waals surface area contributed by atoms with Crippen molar-refractivity contribution in [2.75, 3.05) is 0 Å². The van der Waals surface area contributed by atoms with Crippen LogP contribution in [0.1, 0.15) is 18.2 Å². The first-order chi connectivity index (χ1) is 8.08. The molecule has 0 fully saturated rings. The van der Waals surface area contributed by atoms with Gasteiger partial charge in [-0.25, -0.2) is 0 Å². The first-order valence-corrected chi connectivity index (χ1v) is 6.25. The Bertz CT molecular complexity index is 497. The lowest BCUT2D eigenvalue weighted by molar-refractivity contribution is 0.0565. The Kier molecular flexibility index (Phi) is 3.60. The van der Waals surface area contributed by atoms with E-state index >= 15 is 0 Å². The normalized spacial score (nSPS) is 14.3. The third kappa shape index (κ3) is 3.14. The summed E-state index contributed by atoms with van der Waals surface area (Å²) in [4.78, 5) is 4.24. The molecule has 0 aliphatic carbocycles. The van der Waals surface area contributed by atoms with Crippen molar-refractivity contribution in [3.63, 3.8) is 0 Å². The molecule has 88 valence electrons. The van der Waals surface area contributed by atoms with Gasteiger partial charge >= 0.3 is 0 Å². The van der Waals surface area contributed by atoms with Crippen molar-refractivity contribution in [2.24, 2.45) is 0 Å². The smallest absolute Gasteiger partial charge is 0.0924 e. The average molecular weight is 292 g/mol. The van der Waals surface area contributed by atoms with E-state index in [0.29, 0.717) is 6.42 Å². The molecular formula is C14H14BrNO. The highest BCUT2D eigenvalue weighted by molar-refractivity contribution is 9.10. The van der Waals surface area contributed by atoms with Crippen LogP contribution in [-0.4, -0.2) is 10.1 Å². The van der Waals surface area contributed by atoms with Crippen LogP contribution in [0.15, 0.2) is 53.1 Å². The average Bonchev–Trinajstić information content (AvgIpc) is 2.30. The van der Waals surface area contributed by atoms with Gasteiger partial charge in [0.2, 0.25) is 0 Å². The molecule has 1 N–H and O–H groups in total. The van der Waals surface area contributed by atoms with Gasteiger partial charge in [0.1, 0.15) is 0 Å². The summed E-state index contributed by atoms with van der Waals surface area (Å²) in [5, 5.41) is 10.5. The molecule has 0 radical (unpaired) electrons. The van der Waals surface area contributed by atoms with E-state index in [1.54, 1.807) is 6.20 Å². The number of rotatable bonds is 3. The summed E-state index contributed by atoms with van der Waals surface area (Å²) in [5.41, 5.74) is 0.869. The third-order valence-electron chi connectivity index (χ3n) is 2.70. The van der Waals surface area contributed by atoms with Crippen molar-refractivity contribution in [2.45, 2.75) is 18.9 Å². The fraction of sp³-hybridized carbons (Fsp3) is 0.214. The molecular weight excluding hydrogens is 278 g/mol. The van der Waals surface area contributed by atoms with E-state index in [1.807, 2.05) is 49.4 Å². The van der Waals surface area contributed by atoms with Crippen LogP contribution in [0.3, 0.4) is 0 Å². The summed E-state index contributed by atoms with van der Waals surface area (Å²) in [6.07, 6.45) is 2.25. The molecule has 1 unspecified atom stereocenters. The number of hydrogen-bond donors (Lipinski definition) is 1. The maximum absolute atomic E-state index is 10.5. The Morgan fingerprint density at radius 1 is 1.24 bits per heavy atom. The molecule has 0 spiro atoms. The van der Waals surface area contributed by atoms with Crippen LogP contribution in [0.25, 0.3) is 0 Å². The van der Waals surface area contributed by atoms with E-state index in [4.69, 9.17) is 0 Å². The van der Waals surface area contributed by atoms with Crippen molar-refractivity contribution in [1.29, 1.82) is 0 Å². The highest BCUT2D eigenvalue weighted by Crippen LogP contribution is 2.26. The van der Waals surface area contributed by atoms with Crippen LogP contribution in [0, 0.1) is 0 Å². The third-order valence-corrected chi connectivity index (χ3v) is 3.19. The molecule has 2 aromatic rings. The van der Waals surface area contributed by atoms with Gasteiger partial charge in [0.25, 0.3) is 0 Å². The Labute approximate surface area is 109 Å². The monoisotopic (exact) mass is 291 g/mol. The lowest BCUT2D eigenvalue weighted by Crippen LogP contribution is -2.24. The molecule has 17 heavy (non-hydrogen) atoms. The molecule has 0 bridgehead atoms. The zero-order valence-corrected chi connectivity index (χ0v) is 11.2. The summed E-state index contributed by atoms with van der Waals surface area (Å²) >= 11 is 3.41. The van der Waals surface area contributed by atoms with Crippen molar-refractivity contribution < 1.29 is 5.11 Å². The molecule has 1 heterocycles. The Balaban J connectivity index is 2.25. The minimum absolute atomic E-state index is 0.504. The van der Waals surface area contributed by atoms with Crippen molar-refractivity contribution >= 4 is 15.9 Å². The number of hydrogen-bond acceptors (Lipinski definition) is 2. The van der Waals surface area contributed by atoms with Gasteiger partial charge in [-0.3, -0.25) is 4.98 Å². The fourth-order valence-corrected chi connectivity index (χ4v) is 2.18. The molecule has 0 saturated carbocycles. The predicted molar refractivity (Wildman–Crippen MR) is 71.7 cm³/mol. The summed E-state index contributed by atoms with van der Waals surface area (Å²) in [6.45, 7) is 1.81. The minimum Gasteiger partial charge on any atom is -0.385 e. The molecule has 2 rings (SSSR count). The molecule has 0 aliphatic heterocycles. The van der Waals surface area contributed by atoms with Crippen molar-refractivity contribution in [3.05, 3.63) is 64.4 Å². The van der Waals surface area contributed by atoms with Gasteiger partial charge in [-0.1, -0.05) is 34.1 Å². The largest absolute Gasteiger partial charge is 0.385 e. The molecule has 2 nitrogen and oxygen atoms in total. The standard InChI is InChI=1S/C14H14BrNO/c1-14(17,10-13-7-2-3-8-16-13)11-5-4-6-12(15)9-11/h2-9,17H,10H2,1H3. The van der Waals surface area contributed by atoms with Gasteiger partial charge in [-0.2, -0.15) is 0 Å². The summed E-state index contributed by atoms with van der Waals surface area (Å²) in [5.74, 6) is 0. The Hall–Kier alpha value is -1.19. The van der Waals surface area contributed by atoms with Gasteiger partial charge in [0.15, 0.2) is 0 Å². The zero-order valence-electron chi connectivity index (χ0n) is 9.60. The molecule has 0 saturated heterocycles. The SMILES string of the molecule is CC(O)(Cc1ccccn1)c1cccc(Br)c1. The number of nitrogens with zero attached hydrogens (tertiary/aromatic N) is 1. The molecule has 3 heteroatoms. The molecule has 1 aromatic carbocycles. The topological polar surface area (TPSA) is 33.1 Å². The fourth-order valence-electron chi connectivity index (χ4n) is 1.78. The first kappa shape index (κ1) is 12.3. The van der Waals surface area contributed by atoms with Gasteiger partial charge in [-0.15, -0.1) is 0 Å². The van der Waals surface area contributed by atoms with Gasteiger partial charge in [0.05, 0.1) is 5.60 Å². The van der Waals surface area contributed by atoms with E-state index in [1.165, 1.54) is 0 Å². The number of aliphatic hydroxyl groups is 1. The highest BCUT2D eigenvalue weighted by atomic mass is 79.9. The van der Waals surface area contributed by atoms with Gasteiger partial charge in [-0.05, 0) is 36.8 Å². The number of pyridine rings is 1. The second-order valence-electron chi connectivity index (χ2n) is 4.28. The van der Waals surface area contributed by atoms with E-state index in [0.717, 1.165) is 15.7 Å². The lowest BCUT2D eigenvalue weighted by Gasteiger charge is -2.23. The van der Waals surface area contributed by atoms with Gasteiger partial charge < -0.3 is 5.11 Å². The quantitative estimate of drug-likeness (QED) is 0.941. The number of benzene rings is 1. The zero-order chi connectivity index (χ0) is 12.3. The van der Waals surface area contributed by atoms with Crippen LogP contribution in [0.2, 0.25) is 0 Å². The van der Waals surface area contributed by atoms with E-state index < -0.39 is 5.60 Å². The van der Waals surface area contributed by atoms with Crippen LogP contribution >= 0.6 is 15.9 Å². The van der Waals surface area contributed by atoms with E-state index in [9.17, 15) is 5.11 Å². The second-order valence-corrected chi connectivity index (χ2v) is 5.20. The van der Waals surface area contributed by atoms with E-state index in [-0.39, 0.29) is 0 Å².